The molecule has 2 unspecified atom stereocenters. The lowest BCUT2D eigenvalue weighted by Gasteiger charge is -2.43. The van der Waals surface area contributed by atoms with Crippen molar-refractivity contribution in [3.8, 4) is 0 Å². The third-order valence-corrected chi connectivity index (χ3v) is 6.66. The molecule has 2 aliphatic rings. The van der Waals surface area contributed by atoms with Crippen molar-refractivity contribution in [1.82, 2.24) is 5.32 Å². The van der Waals surface area contributed by atoms with Crippen molar-refractivity contribution < 1.29 is 30.3 Å². The van der Waals surface area contributed by atoms with Crippen LogP contribution in [0.4, 0.5) is 0 Å². The van der Waals surface area contributed by atoms with E-state index in [1.807, 2.05) is 0 Å². The minimum atomic E-state index is -1.26. The molecule has 0 aromatic carbocycles. The number of nitrogens with one attached hydrogen (secondary N) is 1. The molecule has 2 rings (SSSR count). The Morgan fingerprint density at radius 2 is 1.78 bits per heavy atom. The highest BCUT2D eigenvalue weighted by molar-refractivity contribution is 8.00. The SMILES string of the molecule is O=C(O)CNC1CCCCC([C@H]2S[C@H](CO)[C@H](O)[C@H](O)[C@H]2O)C1. The first kappa shape index (κ1) is 19.0. The molecule has 23 heavy (non-hydrogen) atoms. The molecule has 0 aromatic rings. The first-order valence-corrected chi connectivity index (χ1v) is 9.14. The average Bonchev–Trinajstić information content (AvgIpc) is 2.76. The van der Waals surface area contributed by atoms with Gasteiger partial charge in [-0.2, -0.15) is 0 Å². The fourth-order valence-electron chi connectivity index (χ4n) is 3.63. The topological polar surface area (TPSA) is 130 Å². The van der Waals surface area contributed by atoms with Crippen LogP contribution in [0.2, 0.25) is 0 Å². The number of carboxylic acid groups (broad SMARTS) is 1. The summed E-state index contributed by atoms with van der Waals surface area (Å²) in [4.78, 5) is 10.7. The van der Waals surface area contributed by atoms with Gasteiger partial charge < -0.3 is 30.8 Å². The number of aliphatic hydroxyl groups is 4. The van der Waals surface area contributed by atoms with Crippen LogP contribution < -0.4 is 5.32 Å². The third kappa shape index (κ3) is 4.80. The molecule has 7 atom stereocenters. The van der Waals surface area contributed by atoms with E-state index in [0.717, 1.165) is 32.1 Å². The molecule has 1 aliphatic heterocycles. The van der Waals surface area contributed by atoms with Gasteiger partial charge in [0.05, 0.1) is 30.6 Å². The summed E-state index contributed by atoms with van der Waals surface area (Å²) >= 11 is 1.34. The number of thioether (sulfide) groups is 1. The van der Waals surface area contributed by atoms with Gasteiger partial charge in [0.2, 0.25) is 0 Å². The van der Waals surface area contributed by atoms with Crippen molar-refractivity contribution in [1.29, 1.82) is 0 Å². The number of carbonyl (C=O) groups is 1. The summed E-state index contributed by atoms with van der Waals surface area (Å²) in [6, 6.07) is 0.0722. The first-order valence-electron chi connectivity index (χ1n) is 8.19. The maximum Gasteiger partial charge on any atom is 0.317 e. The predicted octanol–water partition coefficient (Wildman–Crippen LogP) is -0.831. The lowest BCUT2D eigenvalue weighted by atomic mass is 9.87. The van der Waals surface area contributed by atoms with E-state index < -0.39 is 29.5 Å². The van der Waals surface area contributed by atoms with E-state index in [1.165, 1.54) is 11.8 Å². The molecule has 1 saturated carbocycles. The Hall–Kier alpha value is -0.380. The molecule has 1 heterocycles. The van der Waals surface area contributed by atoms with Crippen LogP contribution in [0.5, 0.6) is 0 Å². The number of hydrogen-bond donors (Lipinski definition) is 6. The maximum absolute atomic E-state index is 10.7. The summed E-state index contributed by atoms with van der Waals surface area (Å²) in [7, 11) is 0. The largest absolute Gasteiger partial charge is 0.480 e. The van der Waals surface area contributed by atoms with Gasteiger partial charge in [-0.05, 0) is 25.2 Å². The number of hydrogen-bond acceptors (Lipinski definition) is 7. The molecule has 0 amide bonds. The number of rotatable bonds is 5. The van der Waals surface area contributed by atoms with Crippen LogP contribution in [0.15, 0.2) is 0 Å². The van der Waals surface area contributed by atoms with E-state index >= 15 is 0 Å². The van der Waals surface area contributed by atoms with Crippen LogP contribution in [-0.2, 0) is 4.79 Å². The Morgan fingerprint density at radius 1 is 1.09 bits per heavy atom. The third-order valence-electron chi connectivity index (χ3n) is 4.90. The van der Waals surface area contributed by atoms with Crippen molar-refractivity contribution in [3.05, 3.63) is 0 Å². The number of aliphatic hydroxyl groups excluding tert-OH is 4. The Labute approximate surface area is 140 Å². The molecular formula is C15H27NO6S. The zero-order valence-electron chi connectivity index (χ0n) is 13.0. The summed E-state index contributed by atoms with van der Waals surface area (Å²) in [6.45, 7) is -0.335. The van der Waals surface area contributed by atoms with Gasteiger partial charge in [-0.3, -0.25) is 4.79 Å². The van der Waals surface area contributed by atoms with Gasteiger partial charge in [0.1, 0.15) is 6.10 Å². The van der Waals surface area contributed by atoms with Gasteiger partial charge >= 0.3 is 5.97 Å². The van der Waals surface area contributed by atoms with Crippen molar-refractivity contribution in [2.45, 2.75) is 67.0 Å². The molecule has 134 valence electrons. The molecule has 0 aromatic heterocycles. The zero-order valence-corrected chi connectivity index (χ0v) is 13.9. The summed E-state index contributed by atoms with van der Waals surface area (Å²) in [6.07, 6.45) is 1.06. The van der Waals surface area contributed by atoms with Gasteiger partial charge in [-0.25, -0.2) is 0 Å². The second-order valence-corrected chi connectivity index (χ2v) is 7.97. The van der Waals surface area contributed by atoms with Crippen LogP contribution in [0, 0.1) is 5.92 Å². The molecule has 7 nitrogen and oxygen atoms in total. The zero-order chi connectivity index (χ0) is 17.0. The first-order chi connectivity index (χ1) is 10.9. The standard InChI is InChI=1S/C15H27NO6S/c17-7-10-12(20)13(21)14(22)15(23-10)8-3-1-2-4-9(5-8)16-6-11(18)19/h8-10,12-17,20-22H,1-7H2,(H,18,19)/t8?,9?,10-,12+,13+,14-,15-/m1/s1. The van der Waals surface area contributed by atoms with Crippen LogP contribution in [-0.4, -0.2) is 79.5 Å². The van der Waals surface area contributed by atoms with E-state index in [4.69, 9.17) is 5.11 Å². The smallest absolute Gasteiger partial charge is 0.317 e. The van der Waals surface area contributed by atoms with Crippen molar-refractivity contribution in [2.75, 3.05) is 13.2 Å². The van der Waals surface area contributed by atoms with Crippen LogP contribution in [0.1, 0.15) is 32.1 Å². The molecule has 8 heteroatoms. The van der Waals surface area contributed by atoms with Crippen LogP contribution >= 0.6 is 11.8 Å². The van der Waals surface area contributed by atoms with Crippen LogP contribution in [0.3, 0.4) is 0 Å². The molecular weight excluding hydrogens is 322 g/mol. The van der Waals surface area contributed by atoms with E-state index in [9.17, 15) is 25.2 Å². The molecule has 0 radical (unpaired) electrons. The Kier molecular flexibility index (Phi) is 7.12. The van der Waals surface area contributed by atoms with E-state index in [-0.39, 0.29) is 30.4 Å². The summed E-state index contributed by atoms with van der Waals surface area (Å²) < 4.78 is 0. The molecule has 0 spiro atoms. The van der Waals surface area contributed by atoms with Crippen molar-refractivity contribution >= 4 is 17.7 Å². The second-order valence-electron chi connectivity index (χ2n) is 6.55. The minimum Gasteiger partial charge on any atom is -0.480 e. The number of aliphatic carboxylic acids is 1. The average molecular weight is 349 g/mol. The molecule has 1 saturated heterocycles. The van der Waals surface area contributed by atoms with Gasteiger partial charge in [0.15, 0.2) is 0 Å². The number of carboxylic acids is 1. The Morgan fingerprint density at radius 3 is 2.43 bits per heavy atom. The van der Waals surface area contributed by atoms with E-state index in [2.05, 4.69) is 5.32 Å². The summed E-state index contributed by atoms with van der Waals surface area (Å²) in [5.74, 6) is -0.781. The highest BCUT2D eigenvalue weighted by Gasteiger charge is 2.46. The summed E-state index contributed by atoms with van der Waals surface area (Å²) in [5.41, 5.74) is 0. The molecule has 1 aliphatic carbocycles. The van der Waals surface area contributed by atoms with Gasteiger partial charge in [0, 0.05) is 11.3 Å². The molecule has 2 fully saturated rings. The quantitative estimate of drug-likeness (QED) is 0.355. The van der Waals surface area contributed by atoms with E-state index in [1.54, 1.807) is 0 Å². The Bertz CT molecular complexity index is 396. The minimum absolute atomic E-state index is 0.0722. The highest BCUT2D eigenvalue weighted by atomic mass is 32.2. The normalized spacial score (nSPS) is 42.2. The fraction of sp³-hybridized carbons (Fsp3) is 0.933. The van der Waals surface area contributed by atoms with Gasteiger partial charge in [0.25, 0.3) is 0 Å². The maximum atomic E-state index is 10.7. The monoisotopic (exact) mass is 349 g/mol. The lowest BCUT2D eigenvalue weighted by molar-refractivity contribution is -0.136. The summed E-state index contributed by atoms with van der Waals surface area (Å²) in [5, 5.41) is 50.7. The van der Waals surface area contributed by atoms with Crippen molar-refractivity contribution in [2.24, 2.45) is 5.92 Å². The molecule has 6 N–H and O–H groups in total. The van der Waals surface area contributed by atoms with Gasteiger partial charge in [-0.1, -0.05) is 12.8 Å². The molecule has 0 bridgehead atoms. The second kappa shape index (κ2) is 8.64. The lowest BCUT2D eigenvalue weighted by Crippen LogP contribution is -2.56. The van der Waals surface area contributed by atoms with E-state index in [0.29, 0.717) is 0 Å². The fourth-order valence-corrected chi connectivity index (χ4v) is 5.24. The van der Waals surface area contributed by atoms with Gasteiger partial charge in [-0.15, -0.1) is 11.8 Å². The van der Waals surface area contributed by atoms with Crippen molar-refractivity contribution in [3.63, 3.8) is 0 Å². The van der Waals surface area contributed by atoms with Crippen LogP contribution in [0.25, 0.3) is 0 Å². The highest BCUT2D eigenvalue weighted by Crippen LogP contribution is 2.41. The Balaban J connectivity index is 2.03. The predicted molar refractivity (Wildman–Crippen MR) is 86.3 cm³/mol.